The van der Waals surface area contributed by atoms with Crippen LogP contribution in [0.15, 0.2) is 24.8 Å². The Kier molecular flexibility index (Phi) is 5.30. The number of carbonyl (C=O) groups is 1. The topological polar surface area (TPSA) is 108 Å². The molecule has 3 aromatic heterocycles. The molecular weight excluding hydrogens is 435 g/mol. The van der Waals surface area contributed by atoms with Crippen LogP contribution in [-0.4, -0.2) is 36.1 Å². The van der Waals surface area contributed by atoms with Crippen LogP contribution in [0, 0.1) is 5.82 Å². The standard InChI is InChI=1S/C19H16ClFN6O2.C3H6/c20-16-14(11-7-27-8-12(23-9-28)25-13(27)6-22-11)10-5-24-26-18(10)15(17(16)21)19(29)3-1-2-4-19;1-2-3-1/h5-9,29H,1-4H2,(H,23,28)(H,24,26);1-3H2. The van der Waals surface area contributed by atoms with E-state index in [2.05, 4.69) is 25.5 Å². The fourth-order valence-electron chi connectivity index (χ4n) is 4.17. The Morgan fingerprint density at radius 1 is 1.19 bits per heavy atom. The molecule has 32 heavy (non-hydrogen) atoms. The third-order valence-electron chi connectivity index (χ3n) is 5.84. The highest BCUT2D eigenvalue weighted by Gasteiger charge is 2.39. The molecule has 0 radical (unpaired) electrons. The lowest BCUT2D eigenvalue weighted by molar-refractivity contribution is -0.105. The number of aliphatic hydroxyl groups is 1. The maximum Gasteiger partial charge on any atom is 0.212 e. The molecule has 3 heterocycles. The molecule has 2 saturated carbocycles. The molecule has 0 atom stereocenters. The van der Waals surface area contributed by atoms with Crippen LogP contribution in [0.1, 0.15) is 50.5 Å². The number of H-pyrrole nitrogens is 1. The van der Waals surface area contributed by atoms with Crippen molar-refractivity contribution in [3.05, 3.63) is 41.2 Å². The van der Waals surface area contributed by atoms with Gasteiger partial charge in [-0.3, -0.25) is 14.9 Å². The maximum absolute atomic E-state index is 15.4. The van der Waals surface area contributed by atoms with Crippen molar-refractivity contribution in [2.45, 2.75) is 50.5 Å². The number of halogens is 2. The van der Waals surface area contributed by atoms with Gasteiger partial charge in [0.05, 0.1) is 40.4 Å². The van der Waals surface area contributed by atoms with Crippen LogP contribution in [0.4, 0.5) is 10.2 Å². The monoisotopic (exact) mass is 456 g/mol. The number of aromatic amines is 1. The number of amides is 1. The number of aromatic nitrogens is 5. The predicted octanol–water partition coefficient (Wildman–Crippen LogP) is 4.57. The lowest BCUT2D eigenvalue weighted by Crippen LogP contribution is -2.23. The third-order valence-corrected chi connectivity index (χ3v) is 6.20. The number of imidazole rings is 1. The Morgan fingerprint density at radius 3 is 2.62 bits per heavy atom. The summed E-state index contributed by atoms with van der Waals surface area (Å²) in [4.78, 5) is 19.2. The molecule has 1 aromatic carbocycles. The highest BCUT2D eigenvalue weighted by atomic mass is 35.5. The Labute approximate surface area is 187 Å². The second kappa shape index (κ2) is 8.14. The summed E-state index contributed by atoms with van der Waals surface area (Å²) in [7, 11) is 0. The first kappa shape index (κ1) is 20.8. The largest absolute Gasteiger partial charge is 0.385 e. The van der Waals surface area contributed by atoms with Crippen LogP contribution >= 0.6 is 11.6 Å². The van der Waals surface area contributed by atoms with Crippen molar-refractivity contribution in [1.29, 1.82) is 0 Å². The molecule has 4 aromatic rings. The summed E-state index contributed by atoms with van der Waals surface area (Å²) in [5.74, 6) is -0.304. The van der Waals surface area contributed by atoms with Gasteiger partial charge in [-0.1, -0.05) is 43.7 Å². The van der Waals surface area contributed by atoms with Gasteiger partial charge in [0.15, 0.2) is 17.3 Å². The fourth-order valence-corrected chi connectivity index (χ4v) is 4.46. The zero-order valence-electron chi connectivity index (χ0n) is 17.2. The van der Waals surface area contributed by atoms with E-state index in [1.54, 1.807) is 23.0 Å². The van der Waals surface area contributed by atoms with E-state index in [-0.39, 0.29) is 10.6 Å². The van der Waals surface area contributed by atoms with Crippen LogP contribution in [0.25, 0.3) is 27.8 Å². The van der Waals surface area contributed by atoms with Gasteiger partial charge < -0.3 is 14.8 Å². The van der Waals surface area contributed by atoms with Crippen molar-refractivity contribution in [1.82, 2.24) is 24.6 Å². The summed E-state index contributed by atoms with van der Waals surface area (Å²) in [5.41, 5.74) is 0.606. The van der Waals surface area contributed by atoms with Gasteiger partial charge in [-0.05, 0) is 12.8 Å². The van der Waals surface area contributed by atoms with E-state index in [9.17, 15) is 9.90 Å². The van der Waals surface area contributed by atoms with E-state index in [1.807, 2.05) is 0 Å². The zero-order valence-corrected chi connectivity index (χ0v) is 18.0. The molecule has 166 valence electrons. The van der Waals surface area contributed by atoms with Crippen molar-refractivity contribution in [2.24, 2.45) is 0 Å². The number of hydrogen-bond donors (Lipinski definition) is 3. The van der Waals surface area contributed by atoms with Crippen LogP contribution in [-0.2, 0) is 10.4 Å². The maximum atomic E-state index is 15.4. The second-order valence-corrected chi connectivity index (χ2v) is 8.64. The molecule has 0 spiro atoms. The van der Waals surface area contributed by atoms with Gasteiger partial charge in [-0.15, -0.1) is 0 Å². The molecule has 0 bridgehead atoms. The van der Waals surface area contributed by atoms with E-state index < -0.39 is 11.4 Å². The van der Waals surface area contributed by atoms with Crippen molar-refractivity contribution in [2.75, 3.05) is 5.32 Å². The van der Waals surface area contributed by atoms with Crippen LogP contribution in [0.5, 0.6) is 0 Å². The SMILES string of the molecule is C1CC1.O=CNc1cn2cc(-c3c(Cl)c(F)c(C4(O)CCCC4)c4[nH]ncc34)ncc2n1. The molecule has 6 rings (SSSR count). The van der Waals surface area contributed by atoms with Gasteiger partial charge in [0.1, 0.15) is 0 Å². The second-order valence-electron chi connectivity index (χ2n) is 8.26. The molecule has 1 amide bonds. The van der Waals surface area contributed by atoms with Gasteiger partial charge in [0.2, 0.25) is 6.41 Å². The van der Waals surface area contributed by atoms with Crippen molar-refractivity contribution in [3.8, 4) is 11.3 Å². The number of hydrogen-bond acceptors (Lipinski definition) is 5. The Hall–Kier alpha value is -3.04. The minimum absolute atomic E-state index is 0.118. The zero-order chi connectivity index (χ0) is 22.3. The summed E-state index contributed by atoms with van der Waals surface area (Å²) in [6.45, 7) is 0. The number of benzene rings is 1. The Morgan fingerprint density at radius 2 is 1.94 bits per heavy atom. The summed E-state index contributed by atoms with van der Waals surface area (Å²) in [6, 6.07) is 0. The third kappa shape index (κ3) is 3.61. The van der Waals surface area contributed by atoms with Crippen LogP contribution in [0.3, 0.4) is 0 Å². The Bertz CT molecular complexity index is 1310. The van der Waals surface area contributed by atoms with Gasteiger partial charge in [0, 0.05) is 22.7 Å². The first-order chi connectivity index (χ1) is 15.5. The molecule has 3 N–H and O–H groups in total. The quantitative estimate of drug-likeness (QED) is 0.390. The summed E-state index contributed by atoms with van der Waals surface area (Å²) in [6.07, 6.45) is 13.9. The normalized spacial score (nSPS) is 16.7. The molecule has 0 aliphatic heterocycles. The number of anilines is 1. The van der Waals surface area contributed by atoms with E-state index in [4.69, 9.17) is 11.6 Å². The Balaban J connectivity index is 0.000000666. The lowest BCUT2D eigenvalue weighted by atomic mass is 9.88. The first-order valence-corrected chi connectivity index (χ1v) is 11.0. The minimum Gasteiger partial charge on any atom is -0.385 e. The van der Waals surface area contributed by atoms with Gasteiger partial charge >= 0.3 is 0 Å². The average molecular weight is 457 g/mol. The van der Waals surface area contributed by atoms with Crippen LogP contribution in [0.2, 0.25) is 5.02 Å². The fraction of sp³-hybridized carbons (Fsp3) is 0.364. The first-order valence-electron chi connectivity index (χ1n) is 10.6. The molecule has 10 heteroatoms. The van der Waals surface area contributed by atoms with E-state index in [0.29, 0.717) is 52.9 Å². The molecule has 2 fully saturated rings. The van der Waals surface area contributed by atoms with Gasteiger partial charge in [-0.25, -0.2) is 9.37 Å². The van der Waals surface area contributed by atoms with E-state index in [0.717, 1.165) is 12.8 Å². The molecule has 2 aliphatic rings. The predicted molar refractivity (Wildman–Crippen MR) is 119 cm³/mol. The van der Waals surface area contributed by atoms with Crippen molar-refractivity contribution < 1.29 is 14.3 Å². The van der Waals surface area contributed by atoms with E-state index >= 15 is 4.39 Å². The number of rotatable bonds is 4. The molecular formula is C22H22ClFN6O2. The van der Waals surface area contributed by atoms with E-state index in [1.165, 1.54) is 25.5 Å². The molecule has 0 unspecified atom stereocenters. The van der Waals surface area contributed by atoms with Crippen molar-refractivity contribution >= 4 is 40.4 Å². The average Bonchev–Trinajstić information content (AvgIpc) is 3.32. The highest BCUT2D eigenvalue weighted by molar-refractivity contribution is 6.35. The van der Waals surface area contributed by atoms with Gasteiger partial charge in [0.25, 0.3) is 0 Å². The van der Waals surface area contributed by atoms with Crippen LogP contribution < -0.4 is 5.32 Å². The number of carbonyl (C=O) groups excluding carboxylic acids is 1. The summed E-state index contributed by atoms with van der Waals surface area (Å²) >= 11 is 6.46. The minimum atomic E-state index is -1.27. The number of nitrogens with one attached hydrogen (secondary N) is 2. The molecule has 0 saturated heterocycles. The highest BCUT2D eigenvalue weighted by Crippen LogP contribution is 2.47. The number of nitrogens with zero attached hydrogens (tertiary/aromatic N) is 4. The summed E-state index contributed by atoms with van der Waals surface area (Å²) < 4.78 is 17.1. The lowest BCUT2D eigenvalue weighted by Gasteiger charge is -2.25. The molecule has 2 aliphatic carbocycles. The van der Waals surface area contributed by atoms with Gasteiger partial charge in [-0.2, -0.15) is 5.10 Å². The smallest absolute Gasteiger partial charge is 0.212 e. The molecule has 8 nitrogen and oxygen atoms in total. The number of fused-ring (bicyclic) bond motifs is 2. The summed E-state index contributed by atoms with van der Waals surface area (Å²) in [5, 5.41) is 20.9. The van der Waals surface area contributed by atoms with Crippen molar-refractivity contribution in [3.63, 3.8) is 0 Å².